The van der Waals surface area contributed by atoms with Gasteiger partial charge in [0.05, 0.1) is 26.4 Å². The number of guanidine groups is 1. The van der Waals surface area contributed by atoms with Gasteiger partial charge in [-0.25, -0.2) is 0 Å². The molecule has 2 heterocycles. The first-order chi connectivity index (χ1) is 13.8. The van der Waals surface area contributed by atoms with Crippen molar-refractivity contribution >= 4 is 5.96 Å². The van der Waals surface area contributed by atoms with Crippen LogP contribution in [0.4, 0.5) is 0 Å². The highest BCUT2D eigenvalue weighted by molar-refractivity contribution is 5.79. The van der Waals surface area contributed by atoms with Crippen LogP contribution < -0.4 is 10.6 Å². The van der Waals surface area contributed by atoms with Crippen molar-refractivity contribution in [2.45, 2.75) is 50.5 Å². The van der Waals surface area contributed by atoms with E-state index in [4.69, 9.17) is 14.2 Å². The van der Waals surface area contributed by atoms with Crippen molar-refractivity contribution in [1.29, 1.82) is 0 Å². The smallest absolute Gasteiger partial charge is 0.191 e. The van der Waals surface area contributed by atoms with Gasteiger partial charge in [-0.15, -0.1) is 0 Å². The SMILES string of the molecule is CN=C(NCCCOCC1CCOC1)NCC1(N2CCOCC2)CCCCC1. The first kappa shape index (κ1) is 21.8. The highest BCUT2D eigenvalue weighted by Crippen LogP contribution is 2.33. The van der Waals surface area contributed by atoms with Crippen LogP contribution in [0.1, 0.15) is 44.9 Å². The summed E-state index contributed by atoms with van der Waals surface area (Å²) >= 11 is 0. The molecule has 1 unspecified atom stereocenters. The zero-order valence-corrected chi connectivity index (χ0v) is 17.7. The highest BCUT2D eigenvalue weighted by Gasteiger charge is 2.38. The normalized spacial score (nSPS) is 26.3. The summed E-state index contributed by atoms with van der Waals surface area (Å²) < 4.78 is 16.8. The number of aliphatic imine (C=N–C) groups is 1. The van der Waals surface area contributed by atoms with Crippen LogP contribution in [0, 0.1) is 5.92 Å². The molecule has 1 atom stereocenters. The Morgan fingerprint density at radius 1 is 1.11 bits per heavy atom. The highest BCUT2D eigenvalue weighted by atomic mass is 16.5. The fourth-order valence-corrected chi connectivity index (χ4v) is 4.67. The number of nitrogens with zero attached hydrogens (tertiary/aromatic N) is 2. The Bertz CT molecular complexity index is 457. The third-order valence-corrected chi connectivity index (χ3v) is 6.41. The Hall–Kier alpha value is -0.890. The van der Waals surface area contributed by atoms with Gasteiger partial charge in [0.2, 0.25) is 0 Å². The molecule has 0 aromatic carbocycles. The van der Waals surface area contributed by atoms with Crippen molar-refractivity contribution in [2.75, 3.05) is 72.9 Å². The topological polar surface area (TPSA) is 67.4 Å². The van der Waals surface area contributed by atoms with Gasteiger partial charge >= 0.3 is 0 Å². The molecule has 0 aromatic heterocycles. The van der Waals surface area contributed by atoms with E-state index in [-0.39, 0.29) is 5.54 Å². The molecule has 2 saturated heterocycles. The van der Waals surface area contributed by atoms with Crippen LogP contribution in [0.2, 0.25) is 0 Å². The lowest BCUT2D eigenvalue weighted by Gasteiger charge is -2.48. The largest absolute Gasteiger partial charge is 0.381 e. The molecule has 2 aliphatic heterocycles. The molecule has 0 amide bonds. The maximum Gasteiger partial charge on any atom is 0.191 e. The minimum atomic E-state index is 0.256. The van der Waals surface area contributed by atoms with Crippen molar-refractivity contribution in [2.24, 2.45) is 10.9 Å². The molecule has 162 valence electrons. The average molecular weight is 397 g/mol. The summed E-state index contributed by atoms with van der Waals surface area (Å²) in [5.41, 5.74) is 0.256. The third kappa shape index (κ3) is 6.58. The molecule has 1 saturated carbocycles. The molecule has 0 aromatic rings. The quantitative estimate of drug-likeness (QED) is 0.351. The molecule has 7 nitrogen and oxygen atoms in total. The Morgan fingerprint density at radius 3 is 2.64 bits per heavy atom. The Labute approximate surface area is 170 Å². The standard InChI is InChI=1S/C21H40N4O3/c1-22-20(23-9-5-12-27-16-19-6-13-28-17-19)24-18-21(7-3-2-4-8-21)25-10-14-26-15-11-25/h19H,2-18H2,1H3,(H2,22,23,24). The predicted molar refractivity (Wildman–Crippen MR) is 112 cm³/mol. The zero-order valence-electron chi connectivity index (χ0n) is 17.7. The van der Waals surface area contributed by atoms with Crippen molar-refractivity contribution in [3.05, 3.63) is 0 Å². The molecular weight excluding hydrogens is 356 g/mol. The van der Waals surface area contributed by atoms with Gasteiger partial charge in [0, 0.05) is 57.9 Å². The van der Waals surface area contributed by atoms with Gasteiger partial charge in [-0.05, 0) is 25.7 Å². The van der Waals surface area contributed by atoms with Crippen LogP contribution in [0.3, 0.4) is 0 Å². The summed E-state index contributed by atoms with van der Waals surface area (Å²) in [5.74, 6) is 1.50. The number of hydrogen-bond acceptors (Lipinski definition) is 5. The Balaban J connectivity index is 1.35. The summed E-state index contributed by atoms with van der Waals surface area (Å²) in [7, 11) is 1.86. The van der Waals surface area contributed by atoms with Gasteiger partial charge < -0.3 is 24.8 Å². The first-order valence-corrected chi connectivity index (χ1v) is 11.3. The number of ether oxygens (including phenoxy) is 3. The minimum absolute atomic E-state index is 0.256. The maximum atomic E-state index is 5.78. The minimum Gasteiger partial charge on any atom is -0.381 e. The molecule has 28 heavy (non-hydrogen) atoms. The van der Waals surface area contributed by atoms with E-state index in [1.807, 2.05) is 7.05 Å². The van der Waals surface area contributed by atoms with Crippen LogP contribution in [-0.4, -0.2) is 89.3 Å². The van der Waals surface area contributed by atoms with E-state index in [1.165, 1.54) is 32.1 Å². The summed E-state index contributed by atoms with van der Waals surface area (Å²) in [6.45, 7) is 9.05. The van der Waals surface area contributed by atoms with Gasteiger partial charge in [0.15, 0.2) is 5.96 Å². The summed E-state index contributed by atoms with van der Waals surface area (Å²) in [5, 5.41) is 7.06. The van der Waals surface area contributed by atoms with E-state index >= 15 is 0 Å². The Morgan fingerprint density at radius 2 is 1.93 bits per heavy atom. The number of morpholine rings is 1. The first-order valence-electron chi connectivity index (χ1n) is 11.3. The van der Waals surface area contributed by atoms with Crippen molar-refractivity contribution in [3.8, 4) is 0 Å². The van der Waals surface area contributed by atoms with Gasteiger partial charge in [-0.2, -0.15) is 0 Å². The van der Waals surface area contributed by atoms with Crippen LogP contribution in [0.5, 0.6) is 0 Å². The number of hydrogen-bond donors (Lipinski definition) is 2. The van der Waals surface area contributed by atoms with E-state index in [2.05, 4.69) is 20.5 Å². The van der Waals surface area contributed by atoms with E-state index in [0.717, 1.165) is 84.6 Å². The van der Waals surface area contributed by atoms with E-state index in [9.17, 15) is 0 Å². The fraction of sp³-hybridized carbons (Fsp3) is 0.952. The van der Waals surface area contributed by atoms with Gasteiger partial charge in [0.1, 0.15) is 0 Å². The molecule has 0 radical (unpaired) electrons. The second-order valence-electron chi connectivity index (χ2n) is 8.40. The fourth-order valence-electron chi connectivity index (χ4n) is 4.67. The molecule has 0 bridgehead atoms. The number of nitrogens with one attached hydrogen (secondary N) is 2. The average Bonchev–Trinajstić information content (AvgIpc) is 3.27. The van der Waals surface area contributed by atoms with E-state index in [1.54, 1.807) is 0 Å². The van der Waals surface area contributed by atoms with Gasteiger partial charge in [0.25, 0.3) is 0 Å². The van der Waals surface area contributed by atoms with Gasteiger partial charge in [-0.1, -0.05) is 19.3 Å². The predicted octanol–water partition coefficient (Wildman–Crippen LogP) is 1.63. The van der Waals surface area contributed by atoms with Gasteiger partial charge in [-0.3, -0.25) is 9.89 Å². The van der Waals surface area contributed by atoms with Crippen LogP contribution in [-0.2, 0) is 14.2 Å². The molecule has 1 aliphatic carbocycles. The van der Waals surface area contributed by atoms with E-state index < -0.39 is 0 Å². The zero-order chi connectivity index (χ0) is 19.5. The third-order valence-electron chi connectivity index (χ3n) is 6.41. The molecule has 3 aliphatic rings. The lowest BCUT2D eigenvalue weighted by atomic mass is 9.80. The summed E-state index contributed by atoms with van der Waals surface area (Å²) in [6.07, 6.45) is 8.70. The van der Waals surface area contributed by atoms with Crippen molar-refractivity contribution in [1.82, 2.24) is 15.5 Å². The lowest BCUT2D eigenvalue weighted by molar-refractivity contribution is -0.0352. The monoisotopic (exact) mass is 396 g/mol. The summed E-state index contributed by atoms with van der Waals surface area (Å²) in [4.78, 5) is 7.09. The molecule has 3 fully saturated rings. The van der Waals surface area contributed by atoms with Crippen molar-refractivity contribution in [3.63, 3.8) is 0 Å². The van der Waals surface area contributed by atoms with Crippen molar-refractivity contribution < 1.29 is 14.2 Å². The maximum absolute atomic E-state index is 5.78. The Kier molecular flexibility index (Phi) is 9.31. The molecule has 0 spiro atoms. The number of rotatable bonds is 9. The second-order valence-corrected chi connectivity index (χ2v) is 8.40. The second kappa shape index (κ2) is 12.0. The van der Waals surface area contributed by atoms with Crippen LogP contribution in [0.25, 0.3) is 0 Å². The molecule has 3 rings (SSSR count). The van der Waals surface area contributed by atoms with Crippen LogP contribution >= 0.6 is 0 Å². The summed E-state index contributed by atoms with van der Waals surface area (Å²) in [6, 6.07) is 0. The van der Waals surface area contributed by atoms with Crippen LogP contribution in [0.15, 0.2) is 4.99 Å². The van der Waals surface area contributed by atoms with E-state index in [0.29, 0.717) is 5.92 Å². The molecule has 2 N–H and O–H groups in total. The lowest BCUT2D eigenvalue weighted by Crippen LogP contribution is -2.60. The molecular formula is C21H40N4O3. The molecule has 7 heteroatoms.